The maximum absolute atomic E-state index is 6.19. The van der Waals surface area contributed by atoms with E-state index in [0.717, 1.165) is 29.4 Å². The Kier molecular flexibility index (Phi) is 3.57. The molecule has 0 saturated carbocycles. The maximum Gasteiger partial charge on any atom is 0.0467 e. The van der Waals surface area contributed by atoms with Crippen LogP contribution in [0.25, 0.3) is 0 Å². The molecule has 1 heterocycles. The van der Waals surface area contributed by atoms with Crippen LogP contribution in [0.5, 0.6) is 0 Å². The van der Waals surface area contributed by atoms with Gasteiger partial charge in [0.1, 0.15) is 0 Å². The highest BCUT2D eigenvalue weighted by Crippen LogP contribution is 2.32. The van der Waals surface area contributed by atoms with Gasteiger partial charge < -0.3 is 4.90 Å². The van der Waals surface area contributed by atoms with Crippen LogP contribution in [0.15, 0.2) is 18.2 Å². The Labute approximate surface area is 105 Å². The van der Waals surface area contributed by atoms with Crippen molar-refractivity contribution in [3.8, 4) is 0 Å². The van der Waals surface area contributed by atoms with Crippen LogP contribution < -0.4 is 4.90 Å². The summed E-state index contributed by atoms with van der Waals surface area (Å²) in [5.41, 5.74) is 2.51. The van der Waals surface area contributed by atoms with E-state index < -0.39 is 0 Å². The number of hydrogen-bond donors (Lipinski definition) is 0. The molecule has 0 aromatic heterocycles. The molecule has 0 aliphatic carbocycles. The van der Waals surface area contributed by atoms with Crippen LogP contribution >= 0.6 is 27.5 Å². The predicted octanol–water partition coefficient (Wildman–Crippen LogP) is 4.08. The summed E-state index contributed by atoms with van der Waals surface area (Å²) in [4.78, 5) is 2.44. The number of alkyl halides is 1. The first-order valence-electron chi connectivity index (χ1n) is 5.30. The topological polar surface area (TPSA) is 3.24 Å². The Hall–Kier alpha value is -0.210. The van der Waals surface area contributed by atoms with Gasteiger partial charge >= 0.3 is 0 Å². The number of nitrogens with zero attached hydrogens (tertiary/aromatic N) is 1. The molecule has 3 heteroatoms. The van der Waals surface area contributed by atoms with E-state index in [0.29, 0.717) is 0 Å². The van der Waals surface area contributed by atoms with Gasteiger partial charge in [0.2, 0.25) is 0 Å². The first-order valence-corrected chi connectivity index (χ1v) is 6.80. The van der Waals surface area contributed by atoms with Crippen LogP contribution in [0.1, 0.15) is 18.9 Å². The predicted molar refractivity (Wildman–Crippen MR) is 70.1 cm³/mol. The van der Waals surface area contributed by atoms with Crippen LogP contribution in [0.2, 0.25) is 5.02 Å². The third kappa shape index (κ3) is 2.31. The molecular weight excluding hydrogens is 273 g/mol. The van der Waals surface area contributed by atoms with Gasteiger partial charge in [0, 0.05) is 34.7 Å². The van der Waals surface area contributed by atoms with Gasteiger partial charge in [-0.1, -0.05) is 40.5 Å². The highest BCUT2D eigenvalue weighted by atomic mass is 79.9. The Bertz CT molecular complexity index is 353. The molecule has 0 bridgehead atoms. The maximum atomic E-state index is 6.19. The molecule has 2 rings (SSSR count). The highest BCUT2D eigenvalue weighted by Gasteiger charge is 2.21. The number of halogens is 2. The zero-order chi connectivity index (χ0) is 10.8. The molecule has 82 valence electrons. The summed E-state index contributed by atoms with van der Waals surface area (Å²) in [5.74, 6) is 0.798. The van der Waals surface area contributed by atoms with Crippen molar-refractivity contribution in [2.75, 3.05) is 18.0 Å². The standard InChI is InChI=1S/C12H15BrClN/c1-9-5-6-15(8-9)12-4-2-3-11(14)10(12)7-13/h2-4,9H,5-8H2,1H3. The zero-order valence-corrected chi connectivity index (χ0v) is 11.2. The van der Waals surface area contributed by atoms with Gasteiger partial charge in [-0.2, -0.15) is 0 Å². The molecule has 1 nitrogen and oxygen atoms in total. The molecule has 1 aliphatic rings. The molecule has 0 radical (unpaired) electrons. The summed E-state index contributed by atoms with van der Waals surface area (Å²) in [7, 11) is 0. The molecule has 0 spiro atoms. The molecule has 1 atom stereocenters. The summed E-state index contributed by atoms with van der Waals surface area (Å²) in [6.45, 7) is 4.61. The molecule has 1 unspecified atom stereocenters. The van der Waals surface area contributed by atoms with Crippen molar-refractivity contribution in [2.45, 2.75) is 18.7 Å². The van der Waals surface area contributed by atoms with Crippen LogP contribution in [0, 0.1) is 5.92 Å². The zero-order valence-electron chi connectivity index (χ0n) is 8.84. The minimum Gasteiger partial charge on any atom is -0.371 e. The average molecular weight is 289 g/mol. The van der Waals surface area contributed by atoms with E-state index in [-0.39, 0.29) is 0 Å². The molecule has 0 N–H and O–H groups in total. The largest absolute Gasteiger partial charge is 0.371 e. The minimum absolute atomic E-state index is 0.798. The quantitative estimate of drug-likeness (QED) is 0.741. The van der Waals surface area contributed by atoms with E-state index in [1.165, 1.54) is 17.7 Å². The lowest BCUT2D eigenvalue weighted by Gasteiger charge is -2.21. The lowest BCUT2D eigenvalue weighted by Crippen LogP contribution is -2.20. The van der Waals surface area contributed by atoms with Crippen LogP contribution in [-0.2, 0) is 5.33 Å². The average Bonchev–Trinajstić information content (AvgIpc) is 2.64. The first-order chi connectivity index (χ1) is 7.22. The Morgan fingerprint density at radius 3 is 2.93 bits per heavy atom. The van der Waals surface area contributed by atoms with Gasteiger partial charge in [-0.05, 0) is 24.5 Å². The Balaban J connectivity index is 2.31. The third-order valence-corrected chi connectivity index (χ3v) is 3.91. The van der Waals surface area contributed by atoms with Gasteiger partial charge in [0.25, 0.3) is 0 Å². The van der Waals surface area contributed by atoms with Crippen molar-refractivity contribution in [3.05, 3.63) is 28.8 Å². The van der Waals surface area contributed by atoms with Crippen LogP contribution in [0.3, 0.4) is 0 Å². The Morgan fingerprint density at radius 1 is 1.53 bits per heavy atom. The fourth-order valence-electron chi connectivity index (χ4n) is 2.13. The molecule has 1 aromatic carbocycles. The summed E-state index contributed by atoms with van der Waals surface area (Å²) in [6.07, 6.45) is 1.29. The van der Waals surface area contributed by atoms with Crippen molar-refractivity contribution < 1.29 is 0 Å². The molecular formula is C12H15BrClN. The van der Waals surface area contributed by atoms with Crippen molar-refractivity contribution in [1.82, 2.24) is 0 Å². The first kappa shape index (κ1) is 11.3. The highest BCUT2D eigenvalue weighted by molar-refractivity contribution is 9.08. The number of rotatable bonds is 2. The molecule has 1 fully saturated rings. The Morgan fingerprint density at radius 2 is 2.33 bits per heavy atom. The summed E-state index contributed by atoms with van der Waals surface area (Å²) < 4.78 is 0. The van der Waals surface area contributed by atoms with E-state index in [2.05, 4.69) is 33.8 Å². The van der Waals surface area contributed by atoms with E-state index >= 15 is 0 Å². The van der Waals surface area contributed by atoms with E-state index in [9.17, 15) is 0 Å². The van der Waals surface area contributed by atoms with E-state index in [4.69, 9.17) is 11.6 Å². The van der Waals surface area contributed by atoms with Crippen LogP contribution in [-0.4, -0.2) is 13.1 Å². The molecule has 0 amide bonds. The second-order valence-corrected chi connectivity index (χ2v) is 5.18. The molecule has 1 aromatic rings. The fraction of sp³-hybridized carbons (Fsp3) is 0.500. The third-order valence-electron chi connectivity index (χ3n) is 2.99. The van der Waals surface area contributed by atoms with Crippen molar-refractivity contribution in [1.29, 1.82) is 0 Å². The van der Waals surface area contributed by atoms with Gasteiger partial charge in [-0.15, -0.1) is 0 Å². The monoisotopic (exact) mass is 287 g/mol. The summed E-state index contributed by atoms with van der Waals surface area (Å²) in [5, 5.41) is 1.69. The van der Waals surface area contributed by atoms with E-state index in [1.807, 2.05) is 12.1 Å². The lowest BCUT2D eigenvalue weighted by molar-refractivity contribution is 0.659. The van der Waals surface area contributed by atoms with Crippen molar-refractivity contribution in [3.63, 3.8) is 0 Å². The molecule has 15 heavy (non-hydrogen) atoms. The normalized spacial score (nSPS) is 21.0. The summed E-state index contributed by atoms with van der Waals surface area (Å²) in [6, 6.07) is 6.16. The number of hydrogen-bond acceptors (Lipinski definition) is 1. The van der Waals surface area contributed by atoms with Crippen LogP contribution in [0.4, 0.5) is 5.69 Å². The summed E-state index contributed by atoms with van der Waals surface area (Å²) >= 11 is 9.70. The lowest BCUT2D eigenvalue weighted by atomic mass is 10.1. The van der Waals surface area contributed by atoms with Crippen molar-refractivity contribution >= 4 is 33.2 Å². The van der Waals surface area contributed by atoms with Gasteiger partial charge in [-0.3, -0.25) is 0 Å². The smallest absolute Gasteiger partial charge is 0.0467 e. The second-order valence-electron chi connectivity index (χ2n) is 4.21. The minimum atomic E-state index is 0.798. The molecule has 1 saturated heterocycles. The number of anilines is 1. The van der Waals surface area contributed by atoms with Gasteiger partial charge in [0.05, 0.1) is 0 Å². The van der Waals surface area contributed by atoms with Gasteiger partial charge in [0.15, 0.2) is 0 Å². The van der Waals surface area contributed by atoms with Crippen molar-refractivity contribution in [2.24, 2.45) is 5.92 Å². The SMILES string of the molecule is CC1CCN(c2cccc(Cl)c2CBr)C1. The molecule has 1 aliphatic heterocycles. The number of benzene rings is 1. The van der Waals surface area contributed by atoms with Gasteiger partial charge in [-0.25, -0.2) is 0 Å². The fourth-order valence-corrected chi connectivity index (χ4v) is 3.12. The second kappa shape index (κ2) is 4.75. The van der Waals surface area contributed by atoms with E-state index in [1.54, 1.807) is 0 Å².